The molecule has 0 bridgehead atoms. The average molecular weight is 251 g/mol. The number of carbonyl (C=O) groups excluding carboxylic acids is 1. The number of aryl methyl sites for hydroxylation is 1. The molecule has 0 aliphatic heterocycles. The molecule has 1 heterocycles. The lowest BCUT2D eigenvalue weighted by molar-refractivity contribution is -0.170. The molecule has 1 rings (SSSR count). The topological polar surface area (TPSA) is 57.0 Å². The van der Waals surface area contributed by atoms with Gasteiger partial charge in [0.1, 0.15) is 18.9 Å². The van der Waals surface area contributed by atoms with Gasteiger partial charge < -0.3 is 4.74 Å². The molecule has 96 valence electrons. The molecule has 0 N–H and O–H groups in total. The third kappa shape index (κ3) is 4.51. The van der Waals surface area contributed by atoms with Crippen molar-refractivity contribution in [3.05, 3.63) is 11.9 Å². The number of halogens is 3. The van der Waals surface area contributed by atoms with Crippen LogP contribution in [0.2, 0.25) is 0 Å². The number of rotatable bonds is 6. The van der Waals surface area contributed by atoms with E-state index in [0.29, 0.717) is 6.54 Å². The van der Waals surface area contributed by atoms with Gasteiger partial charge in [0.05, 0.1) is 6.20 Å². The molecule has 0 radical (unpaired) electrons. The third-order valence-corrected chi connectivity index (χ3v) is 1.84. The molecule has 0 spiro atoms. The predicted molar refractivity (Wildman–Crippen MR) is 51.5 cm³/mol. The second-order valence-electron chi connectivity index (χ2n) is 3.37. The summed E-state index contributed by atoms with van der Waals surface area (Å²) in [6.07, 6.45) is -2.47. The lowest BCUT2D eigenvalue weighted by Crippen LogP contribution is -2.22. The Morgan fingerprint density at radius 3 is 2.82 bits per heavy atom. The van der Waals surface area contributed by atoms with Gasteiger partial charge in [0, 0.05) is 6.54 Å². The molecule has 1 aromatic rings. The van der Waals surface area contributed by atoms with E-state index in [9.17, 15) is 18.0 Å². The summed E-state index contributed by atoms with van der Waals surface area (Å²) in [4.78, 5) is 11.5. The summed E-state index contributed by atoms with van der Waals surface area (Å²) in [5.41, 5.74) is 0.161. The number of nitrogens with zero attached hydrogens (tertiary/aromatic N) is 3. The number of hydrogen-bond acceptors (Lipinski definition) is 4. The number of ketones is 1. The monoisotopic (exact) mass is 251 g/mol. The maximum atomic E-state index is 11.8. The summed E-state index contributed by atoms with van der Waals surface area (Å²) in [6, 6.07) is 0. The minimum atomic E-state index is -4.43. The van der Waals surface area contributed by atoms with Crippen LogP contribution in [-0.4, -0.2) is 40.2 Å². The van der Waals surface area contributed by atoms with Crippen LogP contribution in [0.25, 0.3) is 0 Å². The Kier molecular flexibility index (Phi) is 4.62. The molecule has 0 aliphatic rings. The predicted octanol–water partition coefficient (Wildman–Crippen LogP) is 1.45. The molecule has 0 fully saturated rings. The highest BCUT2D eigenvalue weighted by Gasteiger charge is 2.28. The molecule has 0 saturated carbocycles. The van der Waals surface area contributed by atoms with Crippen LogP contribution in [0.4, 0.5) is 13.2 Å². The van der Waals surface area contributed by atoms with E-state index in [2.05, 4.69) is 15.0 Å². The van der Waals surface area contributed by atoms with Gasteiger partial charge in [-0.1, -0.05) is 12.1 Å². The fourth-order valence-corrected chi connectivity index (χ4v) is 1.18. The Morgan fingerprint density at radius 1 is 1.53 bits per heavy atom. The average Bonchev–Trinajstić information content (AvgIpc) is 2.64. The Hall–Kier alpha value is -1.44. The van der Waals surface area contributed by atoms with Crippen LogP contribution in [0.3, 0.4) is 0 Å². The van der Waals surface area contributed by atoms with E-state index in [1.165, 1.54) is 10.9 Å². The Bertz CT molecular complexity index is 376. The van der Waals surface area contributed by atoms with E-state index in [4.69, 9.17) is 0 Å². The van der Waals surface area contributed by atoms with Crippen molar-refractivity contribution in [2.24, 2.45) is 0 Å². The molecule has 1 aromatic heterocycles. The fraction of sp³-hybridized carbons (Fsp3) is 0.667. The van der Waals surface area contributed by atoms with E-state index < -0.39 is 25.2 Å². The van der Waals surface area contributed by atoms with Crippen molar-refractivity contribution >= 4 is 5.78 Å². The van der Waals surface area contributed by atoms with Gasteiger partial charge in [-0.25, -0.2) is 4.68 Å². The number of carbonyl (C=O) groups is 1. The van der Waals surface area contributed by atoms with Crippen molar-refractivity contribution in [2.45, 2.75) is 26.1 Å². The van der Waals surface area contributed by atoms with Gasteiger partial charge in [0.25, 0.3) is 0 Å². The summed E-state index contributed by atoms with van der Waals surface area (Å²) in [5.74, 6) is -0.562. The molecular weight excluding hydrogens is 239 g/mol. The van der Waals surface area contributed by atoms with Crippen molar-refractivity contribution in [2.75, 3.05) is 13.2 Å². The first kappa shape index (κ1) is 13.6. The van der Waals surface area contributed by atoms with Crippen LogP contribution >= 0.6 is 0 Å². The molecule has 0 atom stereocenters. The smallest absolute Gasteiger partial charge is 0.364 e. The standard InChI is InChI=1S/C9H12F3N3O2/c1-2-3-15-7(4-13-14-15)8(16)5-17-6-9(10,11)12/h4H,2-3,5-6H2,1H3. The first-order valence-corrected chi connectivity index (χ1v) is 5.00. The molecule has 5 nitrogen and oxygen atoms in total. The van der Waals surface area contributed by atoms with Crippen LogP contribution in [-0.2, 0) is 11.3 Å². The number of aromatic nitrogens is 3. The maximum absolute atomic E-state index is 11.8. The van der Waals surface area contributed by atoms with E-state index in [1.54, 1.807) is 0 Å². The van der Waals surface area contributed by atoms with Crippen LogP contribution in [0, 0.1) is 0 Å². The molecule has 8 heteroatoms. The van der Waals surface area contributed by atoms with Gasteiger partial charge >= 0.3 is 6.18 Å². The summed E-state index contributed by atoms with van der Waals surface area (Å²) < 4.78 is 41.0. The summed E-state index contributed by atoms with van der Waals surface area (Å²) >= 11 is 0. The SMILES string of the molecule is CCCn1nncc1C(=O)COCC(F)(F)F. The minimum Gasteiger partial charge on any atom is -0.364 e. The van der Waals surface area contributed by atoms with E-state index in [-0.39, 0.29) is 5.69 Å². The Labute approximate surface area is 95.6 Å². The zero-order valence-corrected chi connectivity index (χ0v) is 9.20. The minimum absolute atomic E-state index is 0.161. The zero-order valence-electron chi connectivity index (χ0n) is 9.20. The molecule has 0 saturated heterocycles. The lowest BCUT2D eigenvalue weighted by atomic mass is 10.3. The highest BCUT2D eigenvalue weighted by molar-refractivity contribution is 5.95. The quantitative estimate of drug-likeness (QED) is 0.718. The summed E-state index contributed by atoms with van der Waals surface area (Å²) in [5, 5.41) is 7.18. The fourth-order valence-electron chi connectivity index (χ4n) is 1.18. The molecular formula is C9H12F3N3O2. The van der Waals surface area contributed by atoms with Crippen molar-refractivity contribution in [1.29, 1.82) is 0 Å². The van der Waals surface area contributed by atoms with E-state index in [0.717, 1.165) is 6.42 Å². The van der Waals surface area contributed by atoms with Gasteiger partial charge in [0.2, 0.25) is 5.78 Å². The van der Waals surface area contributed by atoms with Gasteiger partial charge in [-0.3, -0.25) is 4.79 Å². The maximum Gasteiger partial charge on any atom is 0.411 e. The third-order valence-electron chi connectivity index (χ3n) is 1.84. The Balaban J connectivity index is 2.49. The number of alkyl halides is 3. The van der Waals surface area contributed by atoms with Gasteiger partial charge in [0.15, 0.2) is 0 Å². The van der Waals surface area contributed by atoms with Crippen molar-refractivity contribution < 1.29 is 22.7 Å². The van der Waals surface area contributed by atoms with Crippen molar-refractivity contribution in [3.8, 4) is 0 Å². The molecule has 17 heavy (non-hydrogen) atoms. The number of ether oxygens (including phenoxy) is 1. The van der Waals surface area contributed by atoms with Crippen LogP contribution < -0.4 is 0 Å². The van der Waals surface area contributed by atoms with Crippen molar-refractivity contribution in [3.63, 3.8) is 0 Å². The highest BCUT2D eigenvalue weighted by Crippen LogP contribution is 2.14. The van der Waals surface area contributed by atoms with Crippen molar-refractivity contribution in [1.82, 2.24) is 15.0 Å². The van der Waals surface area contributed by atoms with Crippen LogP contribution in [0.5, 0.6) is 0 Å². The van der Waals surface area contributed by atoms with Gasteiger partial charge in [-0.05, 0) is 6.42 Å². The summed E-state index contributed by atoms with van der Waals surface area (Å²) in [6.45, 7) is 0.307. The van der Waals surface area contributed by atoms with E-state index >= 15 is 0 Å². The Morgan fingerprint density at radius 2 is 2.24 bits per heavy atom. The molecule has 0 unspecified atom stereocenters. The lowest BCUT2D eigenvalue weighted by Gasteiger charge is -2.07. The molecule has 0 aliphatic carbocycles. The first-order chi connectivity index (χ1) is 7.94. The second kappa shape index (κ2) is 5.76. The second-order valence-corrected chi connectivity index (χ2v) is 3.37. The largest absolute Gasteiger partial charge is 0.411 e. The summed E-state index contributed by atoms with van der Waals surface area (Å²) in [7, 11) is 0. The van der Waals surface area contributed by atoms with Gasteiger partial charge in [-0.2, -0.15) is 13.2 Å². The number of hydrogen-bond donors (Lipinski definition) is 0. The number of Topliss-reactive ketones (excluding diaryl/α,β-unsaturated/α-hetero) is 1. The van der Waals surface area contributed by atoms with Crippen LogP contribution in [0.1, 0.15) is 23.8 Å². The normalized spacial score (nSPS) is 11.8. The zero-order chi connectivity index (χ0) is 12.9. The van der Waals surface area contributed by atoms with Crippen LogP contribution in [0.15, 0.2) is 6.20 Å². The molecule has 0 amide bonds. The van der Waals surface area contributed by atoms with Gasteiger partial charge in [-0.15, -0.1) is 5.10 Å². The first-order valence-electron chi connectivity index (χ1n) is 5.00. The molecule has 0 aromatic carbocycles. The van der Waals surface area contributed by atoms with E-state index in [1.807, 2.05) is 6.92 Å². The highest BCUT2D eigenvalue weighted by atomic mass is 19.4.